The van der Waals surface area contributed by atoms with Gasteiger partial charge >= 0.3 is 0 Å². The summed E-state index contributed by atoms with van der Waals surface area (Å²) in [5.74, 6) is 1.46. The molecular weight excluding hydrogens is 228 g/mol. The van der Waals surface area contributed by atoms with Crippen molar-refractivity contribution in [1.82, 2.24) is 9.97 Å². The van der Waals surface area contributed by atoms with E-state index in [1.807, 2.05) is 18.2 Å². The number of hydrogen-bond acceptors (Lipinski definition) is 3. The zero-order valence-electron chi connectivity index (χ0n) is 10.1. The molecule has 0 unspecified atom stereocenters. The molecule has 0 atom stereocenters. The molecule has 0 aliphatic heterocycles. The molecule has 1 aliphatic rings. The van der Waals surface area contributed by atoms with E-state index in [1.165, 1.54) is 19.3 Å². The van der Waals surface area contributed by atoms with Crippen LogP contribution in [-0.2, 0) is 4.79 Å². The second kappa shape index (κ2) is 4.42. The van der Waals surface area contributed by atoms with Crippen molar-refractivity contribution in [3.63, 3.8) is 0 Å². The zero-order chi connectivity index (χ0) is 12.5. The van der Waals surface area contributed by atoms with E-state index in [9.17, 15) is 4.79 Å². The Kier molecular flexibility index (Phi) is 2.76. The largest absolute Gasteiger partial charge is 0.342 e. The third-order valence-electron chi connectivity index (χ3n) is 3.46. The Hall–Kier alpha value is -1.88. The molecule has 0 saturated heterocycles. The van der Waals surface area contributed by atoms with Crippen LogP contribution in [-0.4, -0.2) is 22.4 Å². The van der Waals surface area contributed by atoms with Gasteiger partial charge < -0.3 is 16.0 Å². The fourth-order valence-corrected chi connectivity index (χ4v) is 2.19. The van der Waals surface area contributed by atoms with Crippen molar-refractivity contribution < 1.29 is 4.79 Å². The summed E-state index contributed by atoms with van der Waals surface area (Å²) in [6, 6.07) is 5.67. The van der Waals surface area contributed by atoms with Crippen LogP contribution in [0.15, 0.2) is 18.2 Å². The van der Waals surface area contributed by atoms with Crippen LogP contribution in [0.3, 0.4) is 0 Å². The Bertz CT molecular complexity index is 586. The lowest BCUT2D eigenvalue weighted by molar-refractivity contribution is -0.114. The lowest BCUT2D eigenvalue weighted by Gasteiger charge is -2.22. The Morgan fingerprint density at radius 3 is 3.00 bits per heavy atom. The fraction of sp³-hybridized carbons (Fsp3) is 0.385. The highest BCUT2D eigenvalue weighted by Crippen LogP contribution is 2.35. The van der Waals surface area contributed by atoms with Gasteiger partial charge in [0, 0.05) is 11.6 Å². The Labute approximate surface area is 105 Å². The van der Waals surface area contributed by atoms with E-state index in [-0.39, 0.29) is 12.5 Å². The van der Waals surface area contributed by atoms with Gasteiger partial charge in [-0.1, -0.05) is 6.42 Å². The number of amides is 1. The van der Waals surface area contributed by atoms with Gasteiger partial charge in [0.05, 0.1) is 17.6 Å². The smallest absolute Gasteiger partial charge is 0.238 e. The first kappa shape index (κ1) is 11.2. The molecule has 1 heterocycles. The summed E-state index contributed by atoms with van der Waals surface area (Å²) in [5, 5.41) is 2.74. The van der Waals surface area contributed by atoms with E-state index in [0.717, 1.165) is 22.5 Å². The standard InChI is InChI=1S/C13H16N4O/c14-7-12(18)15-9-4-5-10-11(6-9)17-13(16-10)8-2-1-3-8/h4-6,8H,1-3,7,14H2,(H,15,18)(H,16,17). The van der Waals surface area contributed by atoms with Crippen LogP contribution in [0, 0.1) is 0 Å². The van der Waals surface area contributed by atoms with Gasteiger partial charge in [0.25, 0.3) is 0 Å². The highest BCUT2D eigenvalue weighted by atomic mass is 16.1. The molecular formula is C13H16N4O. The van der Waals surface area contributed by atoms with E-state index < -0.39 is 0 Å². The summed E-state index contributed by atoms with van der Waals surface area (Å²) >= 11 is 0. The minimum Gasteiger partial charge on any atom is -0.342 e. The average Bonchev–Trinajstić information content (AvgIpc) is 2.68. The van der Waals surface area contributed by atoms with Gasteiger partial charge in [-0.05, 0) is 31.0 Å². The lowest BCUT2D eigenvalue weighted by atomic mass is 9.85. The van der Waals surface area contributed by atoms with Crippen LogP contribution in [0.25, 0.3) is 11.0 Å². The van der Waals surface area contributed by atoms with E-state index in [0.29, 0.717) is 5.92 Å². The molecule has 0 bridgehead atoms. The number of fused-ring (bicyclic) bond motifs is 1. The molecule has 5 nitrogen and oxygen atoms in total. The summed E-state index contributed by atoms with van der Waals surface area (Å²) in [4.78, 5) is 19.1. The number of imidazole rings is 1. The molecule has 18 heavy (non-hydrogen) atoms. The van der Waals surface area contributed by atoms with E-state index in [4.69, 9.17) is 5.73 Å². The number of nitrogens with one attached hydrogen (secondary N) is 2. The fourth-order valence-electron chi connectivity index (χ4n) is 2.19. The van der Waals surface area contributed by atoms with Gasteiger partial charge in [-0.15, -0.1) is 0 Å². The van der Waals surface area contributed by atoms with Crippen molar-refractivity contribution in [2.45, 2.75) is 25.2 Å². The Balaban J connectivity index is 1.88. The Morgan fingerprint density at radius 1 is 1.50 bits per heavy atom. The van der Waals surface area contributed by atoms with Gasteiger partial charge in [-0.3, -0.25) is 4.79 Å². The number of rotatable bonds is 3. The molecule has 1 amide bonds. The number of H-pyrrole nitrogens is 1. The van der Waals surface area contributed by atoms with E-state index in [1.54, 1.807) is 0 Å². The summed E-state index contributed by atoms with van der Waals surface area (Å²) in [6.07, 6.45) is 3.73. The molecule has 3 rings (SSSR count). The van der Waals surface area contributed by atoms with Crippen molar-refractivity contribution in [3.05, 3.63) is 24.0 Å². The maximum absolute atomic E-state index is 11.2. The molecule has 2 aromatic rings. The van der Waals surface area contributed by atoms with Crippen LogP contribution < -0.4 is 11.1 Å². The van der Waals surface area contributed by atoms with Crippen molar-refractivity contribution in [1.29, 1.82) is 0 Å². The number of benzene rings is 1. The monoisotopic (exact) mass is 244 g/mol. The predicted octanol–water partition coefficient (Wildman–Crippen LogP) is 1.73. The van der Waals surface area contributed by atoms with Crippen molar-refractivity contribution in [2.24, 2.45) is 5.73 Å². The van der Waals surface area contributed by atoms with Gasteiger partial charge in [0.15, 0.2) is 0 Å². The maximum Gasteiger partial charge on any atom is 0.238 e. The molecule has 94 valence electrons. The second-order valence-electron chi connectivity index (χ2n) is 4.73. The van der Waals surface area contributed by atoms with Gasteiger partial charge in [0.2, 0.25) is 5.91 Å². The molecule has 5 heteroatoms. The topological polar surface area (TPSA) is 83.8 Å². The molecule has 0 spiro atoms. The van der Waals surface area contributed by atoms with Gasteiger partial charge in [0.1, 0.15) is 5.82 Å². The zero-order valence-corrected chi connectivity index (χ0v) is 10.1. The molecule has 4 N–H and O–H groups in total. The number of anilines is 1. The average molecular weight is 244 g/mol. The number of carbonyl (C=O) groups is 1. The first-order valence-electron chi connectivity index (χ1n) is 6.26. The minimum atomic E-state index is -0.187. The first-order chi connectivity index (χ1) is 8.76. The highest BCUT2D eigenvalue weighted by Gasteiger charge is 2.22. The molecule has 1 aromatic carbocycles. The second-order valence-corrected chi connectivity index (χ2v) is 4.73. The Morgan fingerprint density at radius 2 is 2.33 bits per heavy atom. The third kappa shape index (κ3) is 1.97. The van der Waals surface area contributed by atoms with Gasteiger partial charge in [-0.2, -0.15) is 0 Å². The van der Waals surface area contributed by atoms with Crippen LogP contribution >= 0.6 is 0 Å². The summed E-state index contributed by atoms with van der Waals surface area (Å²) in [5.41, 5.74) is 7.93. The summed E-state index contributed by atoms with van der Waals surface area (Å²) < 4.78 is 0. The number of nitrogens with two attached hydrogens (primary N) is 1. The number of carbonyl (C=O) groups excluding carboxylic acids is 1. The summed E-state index contributed by atoms with van der Waals surface area (Å²) in [7, 11) is 0. The van der Waals surface area contributed by atoms with E-state index >= 15 is 0 Å². The first-order valence-corrected chi connectivity index (χ1v) is 6.26. The number of aromatic amines is 1. The van der Waals surface area contributed by atoms with Crippen LogP contribution in [0.4, 0.5) is 5.69 Å². The normalized spacial score (nSPS) is 15.6. The molecule has 1 aliphatic carbocycles. The molecule has 1 saturated carbocycles. The predicted molar refractivity (Wildman–Crippen MR) is 70.4 cm³/mol. The highest BCUT2D eigenvalue weighted by molar-refractivity contribution is 5.94. The molecule has 0 radical (unpaired) electrons. The number of aromatic nitrogens is 2. The van der Waals surface area contributed by atoms with Crippen molar-refractivity contribution in [3.8, 4) is 0 Å². The van der Waals surface area contributed by atoms with Crippen LogP contribution in [0.5, 0.6) is 0 Å². The van der Waals surface area contributed by atoms with Crippen molar-refractivity contribution >= 4 is 22.6 Å². The molecule has 1 aromatic heterocycles. The lowest BCUT2D eigenvalue weighted by Crippen LogP contribution is -2.21. The third-order valence-corrected chi connectivity index (χ3v) is 3.46. The van der Waals surface area contributed by atoms with E-state index in [2.05, 4.69) is 15.3 Å². The number of nitrogens with zero attached hydrogens (tertiary/aromatic N) is 1. The van der Waals surface area contributed by atoms with Crippen molar-refractivity contribution in [2.75, 3.05) is 11.9 Å². The molecule has 1 fully saturated rings. The summed E-state index contributed by atoms with van der Waals surface area (Å²) in [6.45, 7) is -0.00562. The van der Waals surface area contributed by atoms with Crippen LogP contribution in [0.2, 0.25) is 0 Å². The SMILES string of the molecule is NCC(=O)Nc1ccc2nc(C3CCC3)[nH]c2c1. The quantitative estimate of drug-likeness (QED) is 0.768. The minimum absolute atomic E-state index is 0.00562. The maximum atomic E-state index is 11.2. The van der Waals surface area contributed by atoms with Crippen LogP contribution in [0.1, 0.15) is 31.0 Å². The number of hydrogen-bond donors (Lipinski definition) is 3. The van der Waals surface area contributed by atoms with Gasteiger partial charge in [-0.25, -0.2) is 4.98 Å².